The number of carbonyl (C=O) groups excluding carboxylic acids is 1. The fourth-order valence-corrected chi connectivity index (χ4v) is 4.57. The van der Waals surface area contributed by atoms with Crippen LogP contribution in [-0.4, -0.2) is 34.0 Å². The standard InChI is InChI=1S/C27H25ClFNO4/c1-27(15-18-4-2-6-22(28)12-18)16-21-14-20(8-9-24(21)34-27)26(33)30(11-10-25(31)32)17-19-5-3-7-23(29)13-19/h2-9,12-14H,10-11,15-17H2,1H3,(H,31,32)/t27-/m0/s1. The first-order chi connectivity index (χ1) is 16.2. The van der Waals surface area contributed by atoms with Crippen LogP contribution in [0.4, 0.5) is 4.39 Å². The van der Waals surface area contributed by atoms with E-state index in [4.69, 9.17) is 21.4 Å². The third-order valence-corrected chi connectivity index (χ3v) is 6.08. The van der Waals surface area contributed by atoms with Crippen molar-refractivity contribution >= 4 is 23.5 Å². The van der Waals surface area contributed by atoms with Gasteiger partial charge in [0, 0.05) is 36.5 Å². The molecule has 1 atom stereocenters. The number of halogens is 2. The minimum Gasteiger partial charge on any atom is -0.487 e. The molecule has 0 spiro atoms. The number of ether oxygens (including phenoxy) is 1. The van der Waals surface area contributed by atoms with Crippen LogP contribution in [0.1, 0.15) is 40.4 Å². The number of carboxylic acids is 1. The maximum absolute atomic E-state index is 13.6. The van der Waals surface area contributed by atoms with E-state index in [9.17, 15) is 14.0 Å². The molecule has 0 radical (unpaired) electrons. The number of nitrogens with zero attached hydrogens (tertiary/aromatic N) is 1. The second-order valence-electron chi connectivity index (χ2n) is 8.86. The van der Waals surface area contributed by atoms with Crippen LogP contribution < -0.4 is 4.74 Å². The van der Waals surface area contributed by atoms with E-state index < -0.39 is 17.4 Å². The van der Waals surface area contributed by atoms with Crippen molar-refractivity contribution in [2.24, 2.45) is 0 Å². The van der Waals surface area contributed by atoms with Crippen LogP contribution in [0.2, 0.25) is 5.02 Å². The molecule has 0 aliphatic carbocycles. The first-order valence-electron chi connectivity index (χ1n) is 11.0. The lowest BCUT2D eigenvalue weighted by Gasteiger charge is -2.24. The predicted molar refractivity (Wildman–Crippen MR) is 128 cm³/mol. The first kappa shape index (κ1) is 23.8. The van der Waals surface area contributed by atoms with Crippen molar-refractivity contribution in [1.82, 2.24) is 4.90 Å². The minimum absolute atomic E-state index is 0.0186. The SMILES string of the molecule is C[C@]1(Cc2cccc(Cl)c2)Cc2cc(C(=O)N(CCC(=O)O)Cc3cccc(F)c3)ccc2O1. The summed E-state index contributed by atoms with van der Waals surface area (Å²) in [6.07, 6.45) is 1.08. The molecule has 1 heterocycles. The normalized spacial score (nSPS) is 16.6. The van der Waals surface area contributed by atoms with Gasteiger partial charge in [-0.3, -0.25) is 9.59 Å². The van der Waals surface area contributed by atoms with Crippen LogP contribution in [0.15, 0.2) is 66.7 Å². The Morgan fingerprint density at radius 2 is 1.85 bits per heavy atom. The van der Waals surface area contributed by atoms with Crippen LogP contribution in [0.25, 0.3) is 0 Å². The van der Waals surface area contributed by atoms with E-state index in [0.29, 0.717) is 29.0 Å². The van der Waals surface area contributed by atoms with Crippen LogP contribution in [-0.2, 0) is 24.2 Å². The Labute approximate surface area is 202 Å². The van der Waals surface area contributed by atoms with Crippen molar-refractivity contribution in [3.63, 3.8) is 0 Å². The van der Waals surface area contributed by atoms with Gasteiger partial charge in [0.2, 0.25) is 0 Å². The number of amides is 1. The van der Waals surface area contributed by atoms with Crippen molar-refractivity contribution in [3.05, 3.63) is 99.8 Å². The molecule has 1 amide bonds. The molecule has 4 rings (SSSR count). The molecule has 5 nitrogen and oxygen atoms in total. The number of fused-ring (bicyclic) bond motifs is 1. The highest BCUT2D eigenvalue weighted by atomic mass is 35.5. The van der Waals surface area contributed by atoms with E-state index in [0.717, 1.165) is 16.9 Å². The molecule has 1 N–H and O–H groups in total. The Kier molecular flexibility index (Phi) is 6.89. The summed E-state index contributed by atoms with van der Waals surface area (Å²) >= 11 is 6.12. The van der Waals surface area contributed by atoms with E-state index in [1.165, 1.54) is 17.0 Å². The molecule has 0 saturated heterocycles. The van der Waals surface area contributed by atoms with Gasteiger partial charge >= 0.3 is 5.97 Å². The molecular weight excluding hydrogens is 457 g/mol. The second kappa shape index (κ2) is 9.85. The summed E-state index contributed by atoms with van der Waals surface area (Å²) in [7, 11) is 0. The average Bonchev–Trinajstić information content (AvgIpc) is 3.10. The lowest BCUT2D eigenvalue weighted by atomic mass is 9.91. The summed E-state index contributed by atoms with van der Waals surface area (Å²) in [6.45, 7) is 2.16. The van der Waals surface area contributed by atoms with Crippen molar-refractivity contribution < 1.29 is 23.8 Å². The molecule has 34 heavy (non-hydrogen) atoms. The number of aliphatic carboxylic acids is 1. The minimum atomic E-state index is -1.00. The Balaban J connectivity index is 1.53. The van der Waals surface area contributed by atoms with E-state index in [-0.39, 0.29) is 25.4 Å². The van der Waals surface area contributed by atoms with Crippen LogP contribution in [0, 0.1) is 5.82 Å². The largest absolute Gasteiger partial charge is 0.487 e. The van der Waals surface area contributed by atoms with Gasteiger partial charge in [0.1, 0.15) is 17.2 Å². The lowest BCUT2D eigenvalue weighted by Crippen LogP contribution is -2.33. The van der Waals surface area contributed by atoms with E-state index >= 15 is 0 Å². The summed E-state index contributed by atoms with van der Waals surface area (Å²) < 4.78 is 19.9. The Morgan fingerprint density at radius 1 is 1.09 bits per heavy atom. The molecule has 0 bridgehead atoms. The smallest absolute Gasteiger partial charge is 0.305 e. The van der Waals surface area contributed by atoms with Gasteiger partial charge in [-0.2, -0.15) is 0 Å². The van der Waals surface area contributed by atoms with Crippen LogP contribution in [0.3, 0.4) is 0 Å². The number of carbonyl (C=O) groups is 2. The molecule has 7 heteroatoms. The fraction of sp³-hybridized carbons (Fsp3) is 0.259. The zero-order valence-electron chi connectivity index (χ0n) is 18.8. The summed E-state index contributed by atoms with van der Waals surface area (Å²) in [5, 5.41) is 9.80. The Morgan fingerprint density at radius 3 is 2.59 bits per heavy atom. The number of carboxylic acid groups (broad SMARTS) is 1. The Bertz CT molecular complexity index is 1230. The maximum atomic E-state index is 13.6. The van der Waals surface area contributed by atoms with E-state index in [2.05, 4.69) is 0 Å². The first-order valence-corrected chi connectivity index (χ1v) is 11.4. The van der Waals surface area contributed by atoms with Crippen molar-refractivity contribution in [2.75, 3.05) is 6.54 Å². The van der Waals surface area contributed by atoms with Crippen LogP contribution >= 0.6 is 11.6 Å². The molecule has 0 aromatic heterocycles. The summed E-state index contributed by atoms with van der Waals surface area (Å²) in [6, 6.07) is 18.9. The Hall–Kier alpha value is -3.38. The monoisotopic (exact) mass is 481 g/mol. The number of hydrogen-bond donors (Lipinski definition) is 1. The van der Waals surface area contributed by atoms with Gasteiger partial charge in [0.15, 0.2) is 0 Å². The molecule has 0 fully saturated rings. The highest BCUT2D eigenvalue weighted by Crippen LogP contribution is 2.38. The highest BCUT2D eigenvalue weighted by molar-refractivity contribution is 6.30. The van der Waals surface area contributed by atoms with Crippen LogP contribution in [0.5, 0.6) is 5.75 Å². The molecule has 176 valence electrons. The molecule has 0 saturated carbocycles. The van der Waals surface area contributed by atoms with Gasteiger partial charge in [-0.15, -0.1) is 0 Å². The highest BCUT2D eigenvalue weighted by Gasteiger charge is 2.35. The topological polar surface area (TPSA) is 66.8 Å². The maximum Gasteiger partial charge on any atom is 0.305 e. The van der Waals surface area contributed by atoms with Crippen molar-refractivity contribution in [1.29, 1.82) is 0 Å². The molecule has 1 aliphatic heterocycles. The average molecular weight is 482 g/mol. The zero-order valence-corrected chi connectivity index (χ0v) is 19.5. The lowest BCUT2D eigenvalue weighted by molar-refractivity contribution is -0.137. The number of rotatable bonds is 8. The molecule has 0 unspecified atom stereocenters. The summed E-state index contributed by atoms with van der Waals surface area (Å²) in [4.78, 5) is 25.9. The van der Waals surface area contributed by atoms with Gasteiger partial charge in [0.05, 0.1) is 6.42 Å². The van der Waals surface area contributed by atoms with Gasteiger partial charge in [-0.1, -0.05) is 35.9 Å². The zero-order chi connectivity index (χ0) is 24.3. The second-order valence-corrected chi connectivity index (χ2v) is 9.29. The fourth-order valence-electron chi connectivity index (χ4n) is 4.35. The van der Waals surface area contributed by atoms with E-state index in [1.807, 2.05) is 31.2 Å². The molecular formula is C27H25ClFNO4. The van der Waals surface area contributed by atoms with E-state index in [1.54, 1.807) is 30.3 Å². The summed E-state index contributed by atoms with van der Waals surface area (Å²) in [5.74, 6) is -0.993. The molecule has 3 aromatic rings. The summed E-state index contributed by atoms with van der Waals surface area (Å²) in [5.41, 5.74) is 2.54. The molecule has 1 aliphatic rings. The number of hydrogen-bond acceptors (Lipinski definition) is 3. The number of benzene rings is 3. The third-order valence-electron chi connectivity index (χ3n) is 5.84. The predicted octanol–water partition coefficient (Wildman–Crippen LogP) is 5.53. The van der Waals surface area contributed by atoms with Crippen molar-refractivity contribution in [3.8, 4) is 5.75 Å². The van der Waals surface area contributed by atoms with Gasteiger partial charge < -0.3 is 14.7 Å². The molecule has 3 aromatic carbocycles. The van der Waals surface area contributed by atoms with Gasteiger partial charge in [0.25, 0.3) is 5.91 Å². The van der Waals surface area contributed by atoms with Crippen molar-refractivity contribution in [2.45, 2.75) is 38.3 Å². The quantitative estimate of drug-likeness (QED) is 0.459. The van der Waals surface area contributed by atoms with Gasteiger partial charge in [-0.25, -0.2) is 4.39 Å². The third kappa shape index (κ3) is 5.75. The van der Waals surface area contributed by atoms with Gasteiger partial charge in [-0.05, 0) is 66.1 Å².